The molecule has 0 aromatic heterocycles. The lowest BCUT2D eigenvalue weighted by molar-refractivity contribution is -0.147. The van der Waals surface area contributed by atoms with Crippen molar-refractivity contribution in [3.63, 3.8) is 0 Å². The Morgan fingerprint density at radius 2 is 1.95 bits per heavy atom. The van der Waals surface area contributed by atoms with E-state index < -0.39 is 12.0 Å². The molecule has 1 N–H and O–H groups in total. The molecule has 0 unspecified atom stereocenters. The number of methoxy groups -OCH3 is 1. The Bertz CT molecular complexity index is 519. The number of carboxylic acid groups (broad SMARTS) is 1. The van der Waals surface area contributed by atoms with Gasteiger partial charge in [0.2, 0.25) is 5.91 Å². The number of benzene rings is 1. The summed E-state index contributed by atoms with van der Waals surface area (Å²) in [5, 5.41) is 9.19. The zero-order valence-electron chi connectivity index (χ0n) is 11.6. The molecule has 0 aliphatic carbocycles. The van der Waals surface area contributed by atoms with Gasteiger partial charge in [-0.2, -0.15) is 12.6 Å². The minimum atomic E-state index is -1.02. The highest BCUT2D eigenvalue weighted by Crippen LogP contribution is 2.25. The number of hydrogen-bond donors (Lipinski definition) is 2. The Balaban J connectivity index is 2.04. The summed E-state index contributed by atoms with van der Waals surface area (Å²) >= 11 is 3.91. The number of carbonyl (C=O) groups is 2. The molecule has 1 amide bonds. The van der Waals surface area contributed by atoms with Crippen molar-refractivity contribution in [3.8, 4) is 11.5 Å². The molecule has 7 heteroatoms. The van der Waals surface area contributed by atoms with Crippen molar-refractivity contribution >= 4 is 24.5 Å². The molecule has 1 aliphatic rings. The number of likely N-dealkylation sites (tertiary alicyclic amines) is 1. The summed E-state index contributed by atoms with van der Waals surface area (Å²) in [6.07, 6.45) is -0.0794. The number of nitrogens with zero attached hydrogens (tertiary/aromatic N) is 1. The van der Waals surface area contributed by atoms with Gasteiger partial charge in [0.15, 0.2) is 0 Å². The van der Waals surface area contributed by atoms with Crippen LogP contribution in [0.2, 0.25) is 0 Å². The first-order chi connectivity index (χ1) is 10.0. The van der Waals surface area contributed by atoms with Gasteiger partial charge in [-0.1, -0.05) is 0 Å². The monoisotopic (exact) mass is 311 g/mol. The average Bonchev–Trinajstić information content (AvgIpc) is 2.91. The third kappa shape index (κ3) is 3.60. The number of thiol groups is 1. The molecule has 2 rings (SSSR count). The number of amides is 1. The Hall–Kier alpha value is -1.89. The number of carbonyl (C=O) groups excluding carboxylic acids is 1. The van der Waals surface area contributed by atoms with E-state index in [4.69, 9.17) is 9.47 Å². The predicted molar refractivity (Wildman–Crippen MR) is 79.0 cm³/mol. The second-order valence-electron chi connectivity index (χ2n) is 4.71. The van der Waals surface area contributed by atoms with Gasteiger partial charge in [-0.15, -0.1) is 0 Å². The highest BCUT2D eigenvalue weighted by molar-refractivity contribution is 7.81. The fourth-order valence-electron chi connectivity index (χ4n) is 2.33. The lowest BCUT2D eigenvalue weighted by Gasteiger charge is -2.20. The molecule has 0 bridgehead atoms. The molecule has 0 spiro atoms. The van der Waals surface area contributed by atoms with Crippen molar-refractivity contribution in [2.45, 2.75) is 18.6 Å². The van der Waals surface area contributed by atoms with Crippen LogP contribution in [0.25, 0.3) is 0 Å². The van der Waals surface area contributed by atoms with Crippen molar-refractivity contribution in [3.05, 3.63) is 24.3 Å². The minimum Gasteiger partial charge on any atom is -0.497 e. The van der Waals surface area contributed by atoms with Gasteiger partial charge >= 0.3 is 5.97 Å². The third-order valence-electron chi connectivity index (χ3n) is 3.37. The van der Waals surface area contributed by atoms with Crippen LogP contribution < -0.4 is 9.47 Å². The van der Waals surface area contributed by atoms with Crippen molar-refractivity contribution in [2.24, 2.45) is 0 Å². The van der Waals surface area contributed by atoms with Gasteiger partial charge in [0.25, 0.3) is 0 Å². The van der Waals surface area contributed by atoms with E-state index >= 15 is 0 Å². The fraction of sp³-hybridized carbons (Fsp3) is 0.429. The summed E-state index contributed by atoms with van der Waals surface area (Å²) in [5.74, 6) is -0.00864. The predicted octanol–water partition coefficient (Wildman–Crippen LogP) is 1.06. The molecule has 21 heavy (non-hydrogen) atoms. The molecular formula is C14H17NO5S. The summed E-state index contributed by atoms with van der Waals surface area (Å²) in [7, 11) is 1.57. The standard InChI is InChI=1S/C14H17NO5S/c1-19-9-2-4-10(5-3-9)20-11-6-12(14(17)18)15(7-11)13(16)8-21/h2-5,11-12,21H,6-8H2,1H3,(H,17,18)/t11-,12-/m0/s1. The van der Waals surface area contributed by atoms with E-state index in [0.717, 1.165) is 0 Å². The third-order valence-corrected chi connectivity index (χ3v) is 3.64. The number of aliphatic carboxylic acids is 1. The second-order valence-corrected chi connectivity index (χ2v) is 5.03. The molecule has 0 saturated carbocycles. The fourth-order valence-corrected chi connectivity index (χ4v) is 2.51. The van der Waals surface area contributed by atoms with E-state index in [1.165, 1.54) is 4.90 Å². The molecule has 2 atom stereocenters. The maximum atomic E-state index is 11.7. The van der Waals surface area contributed by atoms with Gasteiger partial charge < -0.3 is 19.5 Å². The van der Waals surface area contributed by atoms with Crippen molar-refractivity contribution in [2.75, 3.05) is 19.4 Å². The van der Waals surface area contributed by atoms with Crippen LogP contribution in [0.1, 0.15) is 6.42 Å². The van der Waals surface area contributed by atoms with Gasteiger partial charge in [-0.3, -0.25) is 4.79 Å². The lowest BCUT2D eigenvalue weighted by atomic mass is 10.2. The van der Waals surface area contributed by atoms with Crippen LogP contribution in [0.4, 0.5) is 0 Å². The van der Waals surface area contributed by atoms with Crippen LogP contribution in [-0.4, -0.2) is 53.4 Å². The molecule has 1 aromatic carbocycles. The van der Waals surface area contributed by atoms with Crippen molar-refractivity contribution < 1.29 is 24.2 Å². The highest BCUT2D eigenvalue weighted by atomic mass is 32.1. The molecule has 0 radical (unpaired) electrons. The topological polar surface area (TPSA) is 76.1 Å². The molecule has 114 valence electrons. The van der Waals surface area contributed by atoms with E-state index in [2.05, 4.69) is 12.6 Å². The number of ether oxygens (including phenoxy) is 2. The van der Waals surface area contributed by atoms with Crippen LogP contribution in [0.15, 0.2) is 24.3 Å². The first-order valence-corrected chi connectivity index (χ1v) is 7.12. The molecule has 1 fully saturated rings. The number of rotatable bonds is 5. The normalized spacial score (nSPS) is 21.1. The zero-order chi connectivity index (χ0) is 15.4. The molecular weight excluding hydrogens is 294 g/mol. The van der Waals surface area contributed by atoms with Crippen LogP contribution in [-0.2, 0) is 9.59 Å². The molecule has 6 nitrogen and oxygen atoms in total. The van der Waals surface area contributed by atoms with Crippen molar-refractivity contribution in [1.82, 2.24) is 4.90 Å². The first kappa shape index (κ1) is 15.5. The molecule has 1 heterocycles. The minimum absolute atomic E-state index is 0.0148. The quantitative estimate of drug-likeness (QED) is 0.795. The maximum Gasteiger partial charge on any atom is 0.326 e. The Morgan fingerprint density at radius 3 is 2.48 bits per heavy atom. The van der Waals surface area contributed by atoms with Gasteiger partial charge in [0.1, 0.15) is 23.6 Å². The van der Waals surface area contributed by atoms with Crippen LogP contribution in [0.3, 0.4) is 0 Å². The maximum absolute atomic E-state index is 11.7. The van der Waals surface area contributed by atoms with Crippen molar-refractivity contribution in [1.29, 1.82) is 0 Å². The summed E-state index contributed by atoms with van der Waals surface area (Å²) < 4.78 is 10.8. The largest absolute Gasteiger partial charge is 0.497 e. The number of hydrogen-bond acceptors (Lipinski definition) is 5. The van der Waals surface area contributed by atoms with Gasteiger partial charge in [0.05, 0.1) is 19.4 Å². The average molecular weight is 311 g/mol. The molecule has 1 saturated heterocycles. The van der Waals surface area contributed by atoms with Gasteiger partial charge in [-0.25, -0.2) is 4.79 Å². The molecule has 1 aromatic rings. The Morgan fingerprint density at radius 1 is 1.33 bits per heavy atom. The smallest absolute Gasteiger partial charge is 0.326 e. The summed E-state index contributed by atoms with van der Waals surface area (Å²) in [4.78, 5) is 24.3. The van der Waals surface area contributed by atoms with Gasteiger partial charge in [0, 0.05) is 6.42 Å². The van der Waals surface area contributed by atoms with Crippen LogP contribution in [0, 0.1) is 0 Å². The summed E-state index contributed by atoms with van der Waals surface area (Å²) in [6, 6.07) is 6.16. The van der Waals surface area contributed by atoms with Gasteiger partial charge in [-0.05, 0) is 24.3 Å². The summed E-state index contributed by atoms with van der Waals surface area (Å²) in [5.41, 5.74) is 0. The number of carboxylic acids is 1. The lowest BCUT2D eigenvalue weighted by Crippen LogP contribution is -2.41. The van der Waals surface area contributed by atoms with E-state index in [1.807, 2.05) is 0 Å². The van der Waals surface area contributed by atoms with E-state index in [0.29, 0.717) is 11.5 Å². The van der Waals surface area contributed by atoms with E-state index in [-0.39, 0.29) is 30.7 Å². The highest BCUT2D eigenvalue weighted by Gasteiger charge is 2.40. The van der Waals surface area contributed by atoms with E-state index in [1.54, 1.807) is 31.4 Å². The Labute approximate surface area is 128 Å². The Kier molecular flexibility index (Phi) is 4.95. The summed E-state index contributed by atoms with van der Waals surface area (Å²) in [6.45, 7) is 0.252. The second kappa shape index (κ2) is 6.71. The first-order valence-electron chi connectivity index (χ1n) is 6.49. The van der Waals surface area contributed by atoms with E-state index in [9.17, 15) is 14.7 Å². The zero-order valence-corrected chi connectivity index (χ0v) is 12.5. The van der Waals surface area contributed by atoms with Crippen LogP contribution >= 0.6 is 12.6 Å². The van der Waals surface area contributed by atoms with Crippen LogP contribution in [0.5, 0.6) is 11.5 Å². The SMILES string of the molecule is COc1ccc(O[C@H]2C[C@@H](C(=O)O)N(C(=O)CS)C2)cc1. The molecule has 1 aliphatic heterocycles.